The van der Waals surface area contributed by atoms with Crippen LogP contribution in [-0.2, 0) is 13.0 Å². The highest BCUT2D eigenvalue weighted by Crippen LogP contribution is 2.14. The first-order chi connectivity index (χ1) is 10.3. The molecule has 0 saturated heterocycles. The molecule has 0 aliphatic heterocycles. The van der Waals surface area contributed by atoms with E-state index in [9.17, 15) is 4.79 Å². The molecular weight excluding hydrogens is 268 g/mol. The van der Waals surface area contributed by atoms with Gasteiger partial charge in [0.05, 0.1) is 5.69 Å². The lowest BCUT2D eigenvalue weighted by Crippen LogP contribution is -2.23. The molecule has 0 fully saturated rings. The fourth-order valence-electron chi connectivity index (χ4n) is 1.96. The number of rotatable bonds is 4. The van der Waals surface area contributed by atoms with E-state index < -0.39 is 0 Å². The van der Waals surface area contributed by atoms with E-state index in [4.69, 9.17) is 4.52 Å². The Morgan fingerprint density at radius 3 is 2.67 bits per heavy atom. The molecule has 21 heavy (non-hydrogen) atoms. The van der Waals surface area contributed by atoms with Gasteiger partial charge in [-0.2, -0.15) is 10.1 Å². The van der Waals surface area contributed by atoms with Gasteiger partial charge >= 0.3 is 0 Å². The van der Waals surface area contributed by atoms with Gasteiger partial charge in [0.2, 0.25) is 5.89 Å². The molecule has 106 valence electrons. The highest BCUT2D eigenvalue weighted by molar-refractivity contribution is 5.57. The van der Waals surface area contributed by atoms with Crippen LogP contribution in [0.1, 0.15) is 18.6 Å². The lowest BCUT2D eigenvalue weighted by molar-refractivity contribution is 0.374. The quantitative estimate of drug-likeness (QED) is 0.730. The molecule has 0 amide bonds. The van der Waals surface area contributed by atoms with Crippen molar-refractivity contribution in [2.75, 3.05) is 0 Å². The van der Waals surface area contributed by atoms with Gasteiger partial charge in [-0.1, -0.05) is 42.4 Å². The Morgan fingerprint density at radius 2 is 1.95 bits per heavy atom. The summed E-state index contributed by atoms with van der Waals surface area (Å²) < 4.78 is 6.38. The van der Waals surface area contributed by atoms with Gasteiger partial charge in [0.1, 0.15) is 6.54 Å². The third kappa shape index (κ3) is 2.89. The summed E-state index contributed by atoms with van der Waals surface area (Å²) in [6.07, 6.45) is 0.666. The van der Waals surface area contributed by atoms with Crippen molar-refractivity contribution in [3.05, 3.63) is 64.5 Å². The van der Waals surface area contributed by atoms with E-state index in [1.165, 1.54) is 10.7 Å². The maximum atomic E-state index is 11.9. The summed E-state index contributed by atoms with van der Waals surface area (Å²) in [6, 6.07) is 12.9. The number of hydrogen-bond donors (Lipinski definition) is 0. The van der Waals surface area contributed by atoms with Crippen molar-refractivity contribution >= 4 is 0 Å². The summed E-state index contributed by atoms with van der Waals surface area (Å²) in [7, 11) is 0. The minimum atomic E-state index is -0.197. The largest absolute Gasteiger partial charge is 0.339 e. The second-order valence-electron chi connectivity index (χ2n) is 4.54. The van der Waals surface area contributed by atoms with Gasteiger partial charge in [0.25, 0.3) is 5.56 Å². The number of nitrogens with zero attached hydrogens (tertiary/aromatic N) is 4. The molecule has 3 aromatic rings. The highest BCUT2D eigenvalue weighted by Gasteiger charge is 2.08. The van der Waals surface area contributed by atoms with Crippen molar-refractivity contribution < 1.29 is 4.52 Å². The van der Waals surface area contributed by atoms with Gasteiger partial charge in [-0.15, -0.1) is 0 Å². The van der Waals surface area contributed by atoms with Crippen LogP contribution in [0.3, 0.4) is 0 Å². The lowest BCUT2D eigenvalue weighted by Gasteiger charge is -2.04. The molecule has 0 unspecified atom stereocenters. The fraction of sp³-hybridized carbons (Fsp3) is 0.200. The first kappa shape index (κ1) is 13.2. The average Bonchev–Trinajstić information content (AvgIpc) is 2.98. The van der Waals surface area contributed by atoms with E-state index in [1.54, 1.807) is 6.07 Å². The smallest absolute Gasteiger partial charge is 0.267 e. The standard InChI is InChI=1S/C15H14N4O2/c1-2-14-16-13(18-21-14)10-19-15(20)9-8-12(17-19)11-6-4-3-5-7-11/h3-9H,2,10H2,1H3. The van der Waals surface area contributed by atoms with Gasteiger partial charge in [-0.05, 0) is 6.07 Å². The van der Waals surface area contributed by atoms with Crippen molar-refractivity contribution in [1.82, 2.24) is 19.9 Å². The van der Waals surface area contributed by atoms with Gasteiger partial charge in [0, 0.05) is 18.1 Å². The number of benzene rings is 1. The Balaban J connectivity index is 1.93. The predicted octanol–water partition coefficient (Wildman–Crippen LogP) is 1.90. The molecule has 0 aliphatic rings. The molecule has 2 aromatic heterocycles. The van der Waals surface area contributed by atoms with E-state index >= 15 is 0 Å². The predicted molar refractivity (Wildman–Crippen MR) is 76.7 cm³/mol. The molecule has 3 rings (SSSR count). The molecule has 6 nitrogen and oxygen atoms in total. The van der Waals surface area contributed by atoms with Crippen LogP contribution in [0.2, 0.25) is 0 Å². The maximum Gasteiger partial charge on any atom is 0.267 e. The Hall–Kier alpha value is -2.76. The minimum Gasteiger partial charge on any atom is -0.339 e. The van der Waals surface area contributed by atoms with Crippen molar-refractivity contribution in [2.45, 2.75) is 19.9 Å². The molecule has 0 bridgehead atoms. The number of hydrogen-bond acceptors (Lipinski definition) is 5. The monoisotopic (exact) mass is 282 g/mol. The van der Waals surface area contributed by atoms with E-state index in [1.807, 2.05) is 37.3 Å². The van der Waals surface area contributed by atoms with Gasteiger partial charge in [-0.25, -0.2) is 4.68 Å². The lowest BCUT2D eigenvalue weighted by atomic mass is 10.1. The zero-order chi connectivity index (χ0) is 14.7. The van der Waals surface area contributed by atoms with Crippen LogP contribution in [0, 0.1) is 0 Å². The minimum absolute atomic E-state index is 0.197. The SMILES string of the molecule is CCc1nc(Cn2nc(-c3ccccc3)ccc2=O)no1. The Bertz CT molecular complexity index is 793. The molecule has 0 saturated carbocycles. The molecular formula is C15H14N4O2. The molecule has 0 aliphatic carbocycles. The highest BCUT2D eigenvalue weighted by atomic mass is 16.5. The van der Waals surface area contributed by atoms with Crippen molar-refractivity contribution in [1.29, 1.82) is 0 Å². The summed E-state index contributed by atoms with van der Waals surface area (Å²) in [5, 5.41) is 8.20. The zero-order valence-electron chi connectivity index (χ0n) is 11.6. The average molecular weight is 282 g/mol. The van der Waals surface area contributed by atoms with Crippen LogP contribution >= 0.6 is 0 Å². The Kier molecular flexibility index (Phi) is 3.59. The van der Waals surface area contributed by atoms with Crippen molar-refractivity contribution in [2.24, 2.45) is 0 Å². The number of aromatic nitrogens is 4. The van der Waals surface area contributed by atoms with Crippen LogP contribution in [0.5, 0.6) is 0 Å². The van der Waals surface area contributed by atoms with Crippen molar-refractivity contribution in [3.63, 3.8) is 0 Å². The summed E-state index contributed by atoms with van der Waals surface area (Å²) >= 11 is 0. The van der Waals surface area contributed by atoms with E-state index in [-0.39, 0.29) is 12.1 Å². The topological polar surface area (TPSA) is 73.8 Å². The third-order valence-corrected chi connectivity index (χ3v) is 3.04. The van der Waals surface area contributed by atoms with Gasteiger partial charge < -0.3 is 4.52 Å². The van der Waals surface area contributed by atoms with Crippen LogP contribution < -0.4 is 5.56 Å². The first-order valence-corrected chi connectivity index (χ1v) is 6.71. The summed E-state index contributed by atoms with van der Waals surface area (Å²) in [5.41, 5.74) is 1.49. The Labute approximate surface area is 121 Å². The molecule has 0 N–H and O–H groups in total. The summed E-state index contributed by atoms with van der Waals surface area (Å²) in [6.45, 7) is 2.13. The van der Waals surface area contributed by atoms with Crippen LogP contribution in [0.25, 0.3) is 11.3 Å². The van der Waals surface area contributed by atoms with Crippen LogP contribution in [0.4, 0.5) is 0 Å². The first-order valence-electron chi connectivity index (χ1n) is 6.71. The molecule has 1 aromatic carbocycles. The molecule has 6 heteroatoms. The molecule has 0 atom stereocenters. The van der Waals surface area contributed by atoms with Crippen LogP contribution in [-0.4, -0.2) is 19.9 Å². The van der Waals surface area contributed by atoms with Gasteiger partial charge in [-0.3, -0.25) is 4.79 Å². The molecule has 2 heterocycles. The summed E-state index contributed by atoms with van der Waals surface area (Å²) in [5.74, 6) is 1.00. The van der Waals surface area contributed by atoms with Gasteiger partial charge in [0.15, 0.2) is 5.82 Å². The third-order valence-electron chi connectivity index (χ3n) is 3.04. The molecule has 0 spiro atoms. The number of aryl methyl sites for hydroxylation is 1. The summed E-state index contributed by atoms with van der Waals surface area (Å²) in [4.78, 5) is 16.1. The second kappa shape index (κ2) is 5.70. The van der Waals surface area contributed by atoms with E-state index in [0.717, 1.165) is 11.3 Å². The van der Waals surface area contributed by atoms with E-state index in [0.29, 0.717) is 18.1 Å². The van der Waals surface area contributed by atoms with Crippen molar-refractivity contribution in [3.8, 4) is 11.3 Å². The maximum absolute atomic E-state index is 11.9. The second-order valence-corrected chi connectivity index (χ2v) is 4.54. The normalized spacial score (nSPS) is 10.7. The fourth-order valence-corrected chi connectivity index (χ4v) is 1.96. The van der Waals surface area contributed by atoms with E-state index in [2.05, 4.69) is 15.2 Å². The molecule has 0 radical (unpaired) electrons. The zero-order valence-corrected chi connectivity index (χ0v) is 11.6. The Morgan fingerprint density at radius 1 is 1.14 bits per heavy atom. The van der Waals surface area contributed by atoms with Crippen LogP contribution in [0.15, 0.2) is 51.8 Å².